The van der Waals surface area contributed by atoms with E-state index in [0.29, 0.717) is 6.54 Å². The van der Waals surface area contributed by atoms with Gasteiger partial charge in [0, 0.05) is 24.6 Å². The van der Waals surface area contributed by atoms with Crippen molar-refractivity contribution in [3.05, 3.63) is 17.5 Å². The van der Waals surface area contributed by atoms with Crippen molar-refractivity contribution in [1.82, 2.24) is 20.4 Å². The van der Waals surface area contributed by atoms with Crippen LogP contribution in [0.15, 0.2) is 10.6 Å². The molecule has 0 aromatic carbocycles. The van der Waals surface area contributed by atoms with Gasteiger partial charge in [-0.15, -0.1) is 0 Å². The molecule has 2 saturated carbocycles. The monoisotopic (exact) mass is 404 g/mol. The number of carbonyl (C=O) groups excluding carboxylic acids is 2. The number of alkyl carbamates (subject to hydrolysis) is 1. The van der Waals surface area contributed by atoms with E-state index in [-0.39, 0.29) is 35.5 Å². The molecule has 4 aliphatic rings. The van der Waals surface area contributed by atoms with E-state index in [2.05, 4.69) is 10.5 Å². The van der Waals surface area contributed by atoms with E-state index in [1.807, 2.05) is 26.8 Å². The Labute approximate surface area is 169 Å². The van der Waals surface area contributed by atoms with Crippen LogP contribution in [0.5, 0.6) is 0 Å². The SMILES string of the molecule is CC(C)(C)OC(=O)NC1CC(c2cc(C3CC4(CC4)[C@@H]4CN3C(=O)N4O)no2)C1. The molecule has 158 valence electrons. The van der Waals surface area contributed by atoms with E-state index in [9.17, 15) is 14.8 Å². The van der Waals surface area contributed by atoms with E-state index < -0.39 is 11.7 Å². The molecule has 2 N–H and O–H groups in total. The maximum absolute atomic E-state index is 12.4. The lowest BCUT2D eigenvalue weighted by Crippen LogP contribution is -2.45. The highest BCUT2D eigenvalue weighted by molar-refractivity contribution is 5.77. The summed E-state index contributed by atoms with van der Waals surface area (Å²) in [5.74, 6) is 0.993. The third-order valence-electron chi connectivity index (χ3n) is 6.83. The molecule has 2 saturated heterocycles. The number of nitrogens with one attached hydrogen (secondary N) is 1. The second kappa shape index (κ2) is 6.10. The van der Waals surface area contributed by atoms with Crippen LogP contribution in [0.3, 0.4) is 0 Å². The molecule has 9 heteroatoms. The van der Waals surface area contributed by atoms with Gasteiger partial charge in [-0.05, 0) is 58.3 Å². The number of fused-ring (bicyclic) bond motifs is 3. The number of rotatable bonds is 3. The maximum Gasteiger partial charge on any atom is 0.407 e. The molecule has 4 fully saturated rings. The largest absolute Gasteiger partial charge is 0.444 e. The fraction of sp³-hybridized carbons (Fsp3) is 0.750. The topological polar surface area (TPSA) is 108 Å². The Morgan fingerprint density at radius 2 is 2.10 bits per heavy atom. The first-order valence-electron chi connectivity index (χ1n) is 10.4. The van der Waals surface area contributed by atoms with Crippen molar-refractivity contribution in [2.24, 2.45) is 5.41 Å². The van der Waals surface area contributed by atoms with E-state index >= 15 is 0 Å². The standard InChI is InChI=1S/C20H28N4O5/c1-19(2,3)28-17(25)21-12-6-11(7-12)15-8-13(22-29-15)14-9-20(4-5-20)16-10-23(14)18(26)24(16)27/h8,11-12,14,16,27H,4-7,9-10H2,1-3H3,(H,21,25)/t11?,12?,14?,16-/m0/s1. The molecule has 2 aliphatic heterocycles. The molecule has 5 rings (SSSR count). The van der Waals surface area contributed by atoms with Crippen LogP contribution in [-0.4, -0.2) is 56.7 Å². The fourth-order valence-corrected chi connectivity index (χ4v) is 5.01. The zero-order valence-corrected chi connectivity index (χ0v) is 17.1. The molecule has 29 heavy (non-hydrogen) atoms. The molecule has 2 bridgehead atoms. The summed E-state index contributed by atoms with van der Waals surface area (Å²) in [5.41, 5.74) is 0.277. The van der Waals surface area contributed by atoms with Crippen LogP contribution in [0.1, 0.15) is 76.3 Å². The van der Waals surface area contributed by atoms with Crippen molar-refractivity contribution >= 4 is 12.1 Å². The molecule has 3 heterocycles. The highest BCUT2D eigenvalue weighted by Crippen LogP contribution is 2.61. The summed E-state index contributed by atoms with van der Waals surface area (Å²) >= 11 is 0. The Balaban J connectivity index is 1.21. The van der Waals surface area contributed by atoms with Gasteiger partial charge in [0.25, 0.3) is 0 Å². The van der Waals surface area contributed by atoms with Crippen LogP contribution >= 0.6 is 0 Å². The van der Waals surface area contributed by atoms with Crippen molar-refractivity contribution in [2.75, 3.05) is 6.54 Å². The van der Waals surface area contributed by atoms with Gasteiger partial charge < -0.3 is 19.5 Å². The molecule has 1 unspecified atom stereocenters. The summed E-state index contributed by atoms with van der Waals surface area (Å²) in [5, 5.41) is 18.2. The number of hydrogen-bond donors (Lipinski definition) is 2. The van der Waals surface area contributed by atoms with E-state index in [1.54, 1.807) is 4.90 Å². The number of amides is 3. The van der Waals surface area contributed by atoms with Gasteiger partial charge in [0.05, 0.1) is 12.1 Å². The lowest BCUT2D eigenvalue weighted by atomic mass is 9.78. The Bertz CT molecular complexity index is 836. The predicted molar refractivity (Wildman–Crippen MR) is 100 cm³/mol. The Kier molecular flexibility index (Phi) is 3.94. The van der Waals surface area contributed by atoms with Crippen LogP contribution in [-0.2, 0) is 4.74 Å². The summed E-state index contributed by atoms with van der Waals surface area (Å²) in [6.45, 7) is 6.07. The number of hydroxylamine groups is 2. The van der Waals surface area contributed by atoms with Gasteiger partial charge in [-0.3, -0.25) is 5.21 Å². The number of piperidine rings is 1. The van der Waals surface area contributed by atoms with Crippen molar-refractivity contribution < 1.29 is 24.1 Å². The summed E-state index contributed by atoms with van der Waals surface area (Å²) in [7, 11) is 0. The summed E-state index contributed by atoms with van der Waals surface area (Å²) in [6, 6.07) is 1.44. The number of hydrogen-bond acceptors (Lipinski definition) is 6. The van der Waals surface area contributed by atoms with Crippen LogP contribution in [0.2, 0.25) is 0 Å². The van der Waals surface area contributed by atoms with E-state index in [0.717, 1.165) is 48.6 Å². The lowest BCUT2D eigenvalue weighted by molar-refractivity contribution is -0.0782. The first-order valence-corrected chi connectivity index (χ1v) is 10.4. The van der Waals surface area contributed by atoms with Crippen LogP contribution in [0.4, 0.5) is 9.59 Å². The number of ether oxygens (including phenoxy) is 1. The Hall–Kier alpha value is -2.29. The average molecular weight is 404 g/mol. The molecule has 3 amide bonds. The molecular weight excluding hydrogens is 376 g/mol. The third kappa shape index (κ3) is 3.15. The predicted octanol–water partition coefficient (Wildman–Crippen LogP) is 3.17. The molecule has 1 aromatic rings. The molecule has 0 radical (unpaired) electrons. The summed E-state index contributed by atoms with van der Waals surface area (Å²) in [4.78, 5) is 26.0. The Morgan fingerprint density at radius 3 is 2.76 bits per heavy atom. The van der Waals surface area contributed by atoms with Crippen LogP contribution < -0.4 is 5.32 Å². The van der Waals surface area contributed by atoms with Gasteiger partial charge in [0.15, 0.2) is 0 Å². The minimum absolute atomic E-state index is 0.0279. The average Bonchev–Trinajstić information content (AvgIpc) is 3.09. The van der Waals surface area contributed by atoms with Gasteiger partial charge in [-0.1, -0.05) is 5.16 Å². The molecule has 2 atom stereocenters. The lowest BCUT2D eigenvalue weighted by Gasteiger charge is -2.35. The highest BCUT2D eigenvalue weighted by Gasteiger charge is 2.63. The minimum atomic E-state index is -0.512. The van der Waals surface area contributed by atoms with Crippen molar-refractivity contribution in [2.45, 2.75) is 82.5 Å². The molecule has 2 aliphatic carbocycles. The normalized spacial score (nSPS) is 32.3. The highest BCUT2D eigenvalue weighted by atomic mass is 16.6. The molecule has 9 nitrogen and oxygen atoms in total. The first-order chi connectivity index (χ1) is 13.7. The van der Waals surface area contributed by atoms with E-state index in [1.165, 1.54) is 0 Å². The van der Waals surface area contributed by atoms with Gasteiger partial charge in [0.2, 0.25) is 0 Å². The van der Waals surface area contributed by atoms with E-state index in [4.69, 9.17) is 9.26 Å². The zero-order valence-electron chi connectivity index (χ0n) is 17.1. The number of carbonyl (C=O) groups is 2. The molecule has 1 spiro atoms. The van der Waals surface area contributed by atoms with Crippen LogP contribution in [0, 0.1) is 5.41 Å². The number of nitrogens with zero attached hydrogens (tertiary/aromatic N) is 3. The smallest absolute Gasteiger partial charge is 0.407 e. The fourth-order valence-electron chi connectivity index (χ4n) is 5.01. The Morgan fingerprint density at radius 1 is 1.38 bits per heavy atom. The van der Waals surface area contributed by atoms with Crippen LogP contribution in [0.25, 0.3) is 0 Å². The second-order valence-electron chi connectivity index (χ2n) is 10.0. The first kappa shape index (κ1) is 18.7. The van der Waals surface area contributed by atoms with Gasteiger partial charge in [-0.2, -0.15) is 0 Å². The van der Waals surface area contributed by atoms with Crippen molar-refractivity contribution in [1.29, 1.82) is 0 Å². The van der Waals surface area contributed by atoms with Crippen molar-refractivity contribution in [3.8, 4) is 0 Å². The van der Waals surface area contributed by atoms with Gasteiger partial charge in [0.1, 0.15) is 17.1 Å². The third-order valence-corrected chi connectivity index (χ3v) is 6.83. The summed E-state index contributed by atoms with van der Waals surface area (Å²) < 4.78 is 10.9. The van der Waals surface area contributed by atoms with Crippen molar-refractivity contribution in [3.63, 3.8) is 0 Å². The van der Waals surface area contributed by atoms with Gasteiger partial charge >= 0.3 is 12.1 Å². The second-order valence-corrected chi connectivity index (χ2v) is 10.0. The quantitative estimate of drug-likeness (QED) is 0.749. The van der Waals surface area contributed by atoms with Gasteiger partial charge in [-0.25, -0.2) is 14.7 Å². The summed E-state index contributed by atoms with van der Waals surface area (Å²) in [6.07, 6.45) is 4.05. The zero-order chi connectivity index (χ0) is 20.6. The molecular formula is C20H28N4O5. The number of urea groups is 1. The molecule has 1 aromatic heterocycles. The maximum atomic E-state index is 12.4. The number of aromatic nitrogens is 1. The minimum Gasteiger partial charge on any atom is -0.444 e.